The molecule has 0 spiro atoms. The first-order chi connectivity index (χ1) is 13.3. The Labute approximate surface area is 166 Å². The van der Waals surface area contributed by atoms with Gasteiger partial charge in [0.2, 0.25) is 5.91 Å². The van der Waals surface area contributed by atoms with Crippen LogP contribution in [0.2, 0.25) is 5.02 Å². The van der Waals surface area contributed by atoms with Crippen LogP contribution in [0.5, 0.6) is 0 Å². The maximum atomic E-state index is 12.6. The van der Waals surface area contributed by atoms with Gasteiger partial charge in [0.15, 0.2) is 0 Å². The maximum Gasteiger partial charge on any atom is 0.417 e. The summed E-state index contributed by atoms with van der Waals surface area (Å²) in [7, 11) is 0. The molecule has 1 saturated heterocycles. The lowest BCUT2D eigenvalue weighted by Gasteiger charge is -2.35. The SMILES string of the molecule is O=C(CN1CCN(c2ccc(C(F)(F)F)cn2)CC1)NCc1ccccc1Cl. The van der Waals surface area contributed by atoms with Crippen molar-refractivity contribution in [2.75, 3.05) is 37.6 Å². The minimum Gasteiger partial charge on any atom is -0.354 e. The number of piperazine rings is 1. The third kappa shape index (κ3) is 5.36. The summed E-state index contributed by atoms with van der Waals surface area (Å²) >= 11 is 6.07. The van der Waals surface area contributed by atoms with Crippen molar-refractivity contribution in [3.8, 4) is 0 Å². The molecule has 1 aromatic carbocycles. The lowest BCUT2D eigenvalue weighted by molar-refractivity contribution is -0.137. The second kappa shape index (κ2) is 8.79. The number of carbonyl (C=O) groups is 1. The third-order valence-corrected chi connectivity index (χ3v) is 4.94. The number of aromatic nitrogens is 1. The van der Waals surface area contributed by atoms with E-state index in [0.717, 1.165) is 17.8 Å². The molecule has 28 heavy (non-hydrogen) atoms. The summed E-state index contributed by atoms with van der Waals surface area (Å²) in [4.78, 5) is 20.0. The molecule has 5 nitrogen and oxygen atoms in total. The molecule has 0 unspecified atom stereocenters. The molecule has 1 N–H and O–H groups in total. The van der Waals surface area contributed by atoms with Gasteiger partial charge in [0.25, 0.3) is 0 Å². The lowest BCUT2D eigenvalue weighted by Crippen LogP contribution is -2.49. The van der Waals surface area contributed by atoms with Crippen LogP contribution in [0.25, 0.3) is 0 Å². The van der Waals surface area contributed by atoms with Gasteiger partial charge in [-0.15, -0.1) is 0 Å². The van der Waals surface area contributed by atoms with Gasteiger partial charge < -0.3 is 10.2 Å². The molecule has 0 radical (unpaired) electrons. The van der Waals surface area contributed by atoms with Crippen LogP contribution in [0, 0.1) is 0 Å². The number of carbonyl (C=O) groups excluding carboxylic acids is 1. The second-order valence-electron chi connectivity index (χ2n) is 6.53. The van der Waals surface area contributed by atoms with Crippen LogP contribution >= 0.6 is 11.6 Å². The van der Waals surface area contributed by atoms with E-state index in [1.54, 1.807) is 6.07 Å². The largest absolute Gasteiger partial charge is 0.417 e. The van der Waals surface area contributed by atoms with E-state index < -0.39 is 11.7 Å². The van der Waals surface area contributed by atoms with Crippen molar-refractivity contribution >= 4 is 23.3 Å². The monoisotopic (exact) mass is 412 g/mol. The van der Waals surface area contributed by atoms with Crippen molar-refractivity contribution in [1.82, 2.24) is 15.2 Å². The van der Waals surface area contributed by atoms with E-state index in [1.165, 1.54) is 6.07 Å². The zero-order valence-corrected chi connectivity index (χ0v) is 15.8. The average Bonchev–Trinajstić information content (AvgIpc) is 2.67. The van der Waals surface area contributed by atoms with Crippen molar-refractivity contribution in [1.29, 1.82) is 0 Å². The topological polar surface area (TPSA) is 48.5 Å². The van der Waals surface area contributed by atoms with Crippen molar-refractivity contribution in [3.05, 3.63) is 58.7 Å². The summed E-state index contributed by atoms with van der Waals surface area (Å²) in [6, 6.07) is 9.75. The first-order valence-corrected chi connectivity index (χ1v) is 9.21. The van der Waals surface area contributed by atoms with Gasteiger partial charge >= 0.3 is 6.18 Å². The van der Waals surface area contributed by atoms with Crippen molar-refractivity contribution in [2.45, 2.75) is 12.7 Å². The lowest BCUT2D eigenvalue weighted by atomic mass is 10.2. The summed E-state index contributed by atoms with van der Waals surface area (Å²) in [6.45, 7) is 3.07. The highest BCUT2D eigenvalue weighted by Crippen LogP contribution is 2.29. The summed E-state index contributed by atoms with van der Waals surface area (Å²) in [5, 5.41) is 3.46. The van der Waals surface area contributed by atoms with Gasteiger partial charge in [0, 0.05) is 43.9 Å². The number of nitrogens with one attached hydrogen (secondary N) is 1. The van der Waals surface area contributed by atoms with Gasteiger partial charge in [-0.1, -0.05) is 29.8 Å². The number of pyridine rings is 1. The fraction of sp³-hybridized carbons (Fsp3) is 0.368. The molecule has 0 bridgehead atoms. The van der Waals surface area contributed by atoms with Gasteiger partial charge in [-0.3, -0.25) is 9.69 Å². The first kappa shape index (κ1) is 20.4. The molecule has 1 fully saturated rings. The highest BCUT2D eigenvalue weighted by atomic mass is 35.5. The van der Waals surface area contributed by atoms with Gasteiger partial charge in [-0.25, -0.2) is 4.98 Å². The van der Waals surface area contributed by atoms with E-state index in [9.17, 15) is 18.0 Å². The summed E-state index contributed by atoms with van der Waals surface area (Å²) < 4.78 is 37.9. The van der Waals surface area contributed by atoms with Crippen LogP contribution in [0.4, 0.5) is 19.0 Å². The van der Waals surface area contributed by atoms with Crippen LogP contribution in [0.15, 0.2) is 42.6 Å². The Hall–Kier alpha value is -2.32. The molecule has 1 aromatic heterocycles. The first-order valence-electron chi connectivity index (χ1n) is 8.83. The normalized spacial score (nSPS) is 15.5. The number of hydrogen-bond donors (Lipinski definition) is 1. The molecule has 2 aromatic rings. The van der Waals surface area contributed by atoms with Crippen LogP contribution in [-0.2, 0) is 17.5 Å². The van der Waals surface area contributed by atoms with Gasteiger partial charge in [-0.2, -0.15) is 13.2 Å². The molecule has 0 atom stereocenters. The van der Waals surface area contributed by atoms with Crippen LogP contribution in [0.3, 0.4) is 0 Å². The van der Waals surface area contributed by atoms with Crippen molar-refractivity contribution in [2.24, 2.45) is 0 Å². The Morgan fingerprint density at radius 3 is 2.43 bits per heavy atom. The standard InChI is InChI=1S/C19H20ClF3N4O/c20-16-4-2-1-3-14(16)11-25-18(28)13-26-7-9-27(10-8-26)17-6-5-15(12-24-17)19(21,22)23/h1-6,12H,7-11,13H2,(H,25,28). The van der Waals surface area contributed by atoms with E-state index in [-0.39, 0.29) is 12.5 Å². The molecular weight excluding hydrogens is 393 g/mol. The molecule has 150 valence electrons. The predicted molar refractivity (Wildman–Crippen MR) is 101 cm³/mol. The number of nitrogens with zero attached hydrogens (tertiary/aromatic N) is 3. The molecular formula is C19H20ClF3N4O. The number of anilines is 1. The number of halogens is 4. The van der Waals surface area contributed by atoms with Crippen molar-refractivity contribution in [3.63, 3.8) is 0 Å². The quantitative estimate of drug-likeness (QED) is 0.819. The summed E-state index contributed by atoms with van der Waals surface area (Å²) in [5.41, 5.74) is 0.0980. The molecule has 1 amide bonds. The predicted octanol–water partition coefficient (Wildman–Crippen LogP) is 3.19. The fourth-order valence-corrected chi connectivity index (χ4v) is 3.17. The minimum atomic E-state index is -4.39. The number of benzene rings is 1. The van der Waals surface area contributed by atoms with Crippen LogP contribution < -0.4 is 10.2 Å². The molecule has 9 heteroatoms. The average molecular weight is 413 g/mol. The van der Waals surface area contributed by atoms with Crippen LogP contribution in [-0.4, -0.2) is 48.5 Å². The number of hydrogen-bond acceptors (Lipinski definition) is 4. The third-order valence-electron chi connectivity index (χ3n) is 4.57. The van der Waals surface area contributed by atoms with Crippen LogP contribution in [0.1, 0.15) is 11.1 Å². The van der Waals surface area contributed by atoms with E-state index >= 15 is 0 Å². The molecule has 3 rings (SSSR count). The Kier molecular flexibility index (Phi) is 6.41. The van der Waals surface area contributed by atoms with Crippen molar-refractivity contribution < 1.29 is 18.0 Å². The smallest absolute Gasteiger partial charge is 0.354 e. The Morgan fingerprint density at radius 1 is 1.11 bits per heavy atom. The molecule has 2 heterocycles. The number of rotatable bonds is 5. The number of alkyl halides is 3. The number of amides is 1. The van der Waals surface area contributed by atoms with Gasteiger partial charge in [-0.05, 0) is 23.8 Å². The van der Waals surface area contributed by atoms with E-state index in [4.69, 9.17) is 11.6 Å². The molecule has 1 aliphatic rings. The molecule has 0 saturated carbocycles. The van der Waals surface area contributed by atoms with E-state index in [2.05, 4.69) is 10.3 Å². The van der Waals surface area contributed by atoms with Gasteiger partial charge in [0.1, 0.15) is 5.82 Å². The molecule has 1 aliphatic heterocycles. The summed E-state index contributed by atoms with van der Waals surface area (Å²) in [5.74, 6) is 0.414. The zero-order valence-electron chi connectivity index (χ0n) is 15.0. The highest BCUT2D eigenvalue weighted by Gasteiger charge is 2.31. The second-order valence-corrected chi connectivity index (χ2v) is 6.94. The fourth-order valence-electron chi connectivity index (χ4n) is 2.97. The Balaban J connectivity index is 1.45. The van der Waals surface area contributed by atoms with E-state index in [0.29, 0.717) is 43.6 Å². The highest BCUT2D eigenvalue weighted by molar-refractivity contribution is 6.31. The van der Waals surface area contributed by atoms with E-state index in [1.807, 2.05) is 28.0 Å². The summed E-state index contributed by atoms with van der Waals surface area (Å²) in [6.07, 6.45) is -3.54. The molecule has 0 aliphatic carbocycles. The zero-order chi connectivity index (χ0) is 20.1. The Bertz CT molecular complexity index is 806. The minimum absolute atomic E-state index is 0.0963. The Morgan fingerprint density at radius 2 is 1.82 bits per heavy atom. The van der Waals surface area contributed by atoms with Gasteiger partial charge in [0.05, 0.1) is 12.1 Å². The maximum absolute atomic E-state index is 12.6.